The summed E-state index contributed by atoms with van der Waals surface area (Å²) in [7, 11) is 1.67. The second kappa shape index (κ2) is 7.25. The summed E-state index contributed by atoms with van der Waals surface area (Å²) < 4.78 is 0. The predicted molar refractivity (Wildman–Crippen MR) is 89.3 cm³/mol. The van der Waals surface area contributed by atoms with Gasteiger partial charge < -0.3 is 10.2 Å². The summed E-state index contributed by atoms with van der Waals surface area (Å²) in [4.78, 5) is 36.4. The van der Waals surface area contributed by atoms with Crippen molar-refractivity contribution < 1.29 is 9.59 Å². The number of likely N-dealkylation sites (N-methyl/N-ethyl adjacent to an activating group) is 1. The molecule has 1 aromatic heterocycles. The first-order valence-corrected chi connectivity index (χ1v) is 8.60. The first-order valence-electron chi connectivity index (χ1n) is 8.60. The molecule has 1 aromatic rings. The van der Waals surface area contributed by atoms with E-state index in [2.05, 4.69) is 20.2 Å². The highest BCUT2D eigenvalue weighted by atomic mass is 16.2. The quantitative estimate of drug-likeness (QED) is 0.875. The van der Waals surface area contributed by atoms with Gasteiger partial charge in [0.2, 0.25) is 5.91 Å². The molecule has 2 aliphatic rings. The van der Waals surface area contributed by atoms with E-state index in [0.29, 0.717) is 12.2 Å². The van der Waals surface area contributed by atoms with Gasteiger partial charge >= 0.3 is 0 Å². The molecule has 24 heavy (non-hydrogen) atoms. The zero-order valence-corrected chi connectivity index (χ0v) is 14.2. The third kappa shape index (κ3) is 3.72. The number of nitrogens with one attached hydrogen (secondary N) is 1. The molecule has 7 heteroatoms. The van der Waals surface area contributed by atoms with Crippen LogP contribution < -0.4 is 5.32 Å². The number of piperidine rings is 2. The number of hydrogen-bond acceptors (Lipinski definition) is 5. The van der Waals surface area contributed by atoms with Crippen LogP contribution in [0.25, 0.3) is 0 Å². The van der Waals surface area contributed by atoms with Gasteiger partial charge in [0.25, 0.3) is 5.91 Å². The molecular formula is C17H25N5O2. The Hall–Kier alpha value is -2.02. The summed E-state index contributed by atoms with van der Waals surface area (Å²) in [5.74, 6) is 0.0454. The van der Waals surface area contributed by atoms with Gasteiger partial charge in [-0.3, -0.25) is 19.5 Å². The zero-order chi connectivity index (χ0) is 17.0. The van der Waals surface area contributed by atoms with Gasteiger partial charge in [-0.05, 0) is 44.2 Å². The van der Waals surface area contributed by atoms with Crippen molar-refractivity contribution in [2.45, 2.75) is 25.7 Å². The third-order valence-corrected chi connectivity index (χ3v) is 5.29. The van der Waals surface area contributed by atoms with E-state index in [-0.39, 0.29) is 17.2 Å². The summed E-state index contributed by atoms with van der Waals surface area (Å²) in [6, 6.07) is 0. The fourth-order valence-electron chi connectivity index (χ4n) is 3.83. The molecule has 0 atom stereocenters. The molecule has 2 fully saturated rings. The standard InChI is InChI=1S/C17H25N5O2/c1-18-15(23)12-21-9-4-17(5-10-21)3-2-8-22(13-17)16(24)14-11-19-6-7-20-14/h6-7,11H,2-5,8-10,12-13H2,1H3,(H,18,23). The lowest BCUT2D eigenvalue weighted by molar-refractivity contribution is -0.122. The summed E-state index contributed by atoms with van der Waals surface area (Å²) in [5, 5.41) is 2.68. The van der Waals surface area contributed by atoms with Crippen molar-refractivity contribution in [3.63, 3.8) is 0 Å². The maximum atomic E-state index is 12.6. The Morgan fingerprint density at radius 1 is 1.21 bits per heavy atom. The molecule has 0 aliphatic carbocycles. The number of carbonyl (C=O) groups is 2. The van der Waals surface area contributed by atoms with Crippen molar-refractivity contribution >= 4 is 11.8 Å². The molecule has 3 heterocycles. The minimum Gasteiger partial charge on any atom is -0.358 e. The molecule has 3 rings (SSSR count). The molecule has 7 nitrogen and oxygen atoms in total. The Kier molecular flexibility index (Phi) is 5.08. The molecule has 130 valence electrons. The van der Waals surface area contributed by atoms with Gasteiger partial charge in [0.05, 0.1) is 12.7 Å². The third-order valence-electron chi connectivity index (χ3n) is 5.29. The van der Waals surface area contributed by atoms with Crippen LogP contribution in [0.5, 0.6) is 0 Å². The van der Waals surface area contributed by atoms with E-state index in [9.17, 15) is 9.59 Å². The Morgan fingerprint density at radius 3 is 2.67 bits per heavy atom. The van der Waals surface area contributed by atoms with Crippen LogP contribution in [-0.2, 0) is 4.79 Å². The zero-order valence-electron chi connectivity index (χ0n) is 14.2. The predicted octanol–water partition coefficient (Wildman–Crippen LogP) is 0.541. The van der Waals surface area contributed by atoms with Crippen molar-refractivity contribution in [1.29, 1.82) is 0 Å². The SMILES string of the molecule is CNC(=O)CN1CCC2(CCCN(C(=O)c3cnccn3)C2)CC1. The van der Waals surface area contributed by atoms with Gasteiger partial charge in [-0.15, -0.1) is 0 Å². The normalized spacial score (nSPS) is 20.8. The Labute approximate surface area is 142 Å². The maximum absolute atomic E-state index is 12.6. The van der Waals surface area contributed by atoms with Crippen LogP contribution in [0.3, 0.4) is 0 Å². The molecule has 1 spiro atoms. The minimum absolute atomic E-state index is 0.0186. The van der Waals surface area contributed by atoms with E-state index in [1.807, 2.05) is 4.90 Å². The second-order valence-electron chi connectivity index (χ2n) is 6.87. The van der Waals surface area contributed by atoms with Crippen LogP contribution in [0, 0.1) is 5.41 Å². The van der Waals surface area contributed by atoms with E-state index in [1.54, 1.807) is 19.4 Å². The fourth-order valence-corrected chi connectivity index (χ4v) is 3.83. The van der Waals surface area contributed by atoms with Crippen LogP contribution in [0.1, 0.15) is 36.2 Å². The number of nitrogens with zero attached hydrogens (tertiary/aromatic N) is 4. The average molecular weight is 331 g/mol. The summed E-state index contributed by atoms with van der Waals surface area (Å²) >= 11 is 0. The first-order chi connectivity index (χ1) is 11.6. The summed E-state index contributed by atoms with van der Waals surface area (Å²) in [6.45, 7) is 3.88. The van der Waals surface area contributed by atoms with Crippen molar-refractivity contribution in [3.05, 3.63) is 24.3 Å². The average Bonchev–Trinajstić information content (AvgIpc) is 2.64. The van der Waals surface area contributed by atoms with Gasteiger partial charge in [-0.2, -0.15) is 0 Å². The lowest BCUT2D eigenvalue weighted by Crippen LogP contribution is -2.52. The molecular weight excluding hydrogens is 306 g/mol. The molecule has 1 N–H and O–H groups in total. The topological polar surface area (TPSA) is 78.4 Å². The molecule has 0 bridgehead atoms. The molecule has 0 saturated carbocycles. The largest absolute Gasteiger partial charge is 0.358 e. The highest BCUT2D eigenvalue weighted by molar-refractivity contribution is 5.92. The molecule has 2 amide bonds. The van der Waals surface area contributed by atoms with Crippen molar-refractivity contribution in [2.75, 3.05) is 39.8 Å². The van der Waals surface area contributed by atoms with E-state index >= 15 is 0 Å². The highest BCUT2D eigenvalue weighted by Gasteiger charge is 2.40. The van der Waals surface area contributed by atoms with E-state index in [4.69, 9.17) is 0 Å². The summed E-state index contributed by atoms with van der Waals surface area (Å²) in [5.41, 5.74) is 0.613. The monoisotopic (exact) mass is 331 g/mol. The van der Waals surface area contributed by atoms with Crippen LogP contribution >= 0.6 is 0 Å². The van der Waals surface area contributed by atoms with E-state index in [1.165, 1.54) is 6.20 Å². The minimum atomic E-state index is -0.0186. The van der Waals surface area contributed by atoms with Gasteiger partial charge in [0.1, 0.15) is 5.69 Å². The number of carbonyl (C=O) groups excluding carboxylic acids is 2. The lowest BCUT2D eigenvalue weighted by Gasteiger charge is -2.47. The number of rotatable bonds is 3. The first kappa shape index (κ1) is 16.8. The van der Waals surface area contributed by atoms with Crippen molar-refractivity contribution in [2.24, 2.45) is 5.41 Å². The second-order valence-corrected chi connectivity index (χ2v) is 6.87. The fraction of sp³-hybridized carbons (Fsp3) is 0.647. The van der Waals surface area contributed by atoms with Crippen LogP contribution in [0.15, 0.2) is 18.6 Å². The molecule has 0 aromatic carbocycles. The van der Waals surface area contributed by atoms with Crippen LogP contribution in [0.2, 0.25) is 0 Å². The summed E-state index contributed by atoms with van der Waals surface area (Å²) in [6.07, 6.45) is 8.94. The molecule has 0 radical (unpaired) electrons. The van der Waals surface area contributed by atoms with Gasteiger partial charge in [0, 0.05) is 32.5 Å². The number of amides is 2. The maximum Gasteiger partial charge on any atom is 0.274 e. The number of hydrogen-bond donors (Lipinski definition) is 1. The van der Waals surface area contributed by atoms with Crippen molar-refractivity contribution in [3.8, 4) is 0 Å². The van der Waals surface area contributed by atoms with E-state index in [0.717, 1.165) is 51.9 Å². The number of aromatic nitrogens is 2. The van der Waals surface area contributed by atoms with Crippen molar-refractivity contribution in [1.82, 2.24) is 25.1 Å². The molecule has 0 unspecified atom stereocenters. The van der Waals surface area contributed by atoms with Gasteiger partial charge in [0.15, 0.2) is 0 Å². The molecule has 2 aliphatic heterocycles. The van der Waals surface area contributed by atoms with Gasteiger partial charge in [-0.1, -0.05) is 0 Å². The number of likely N-dealkylation sites (tertiary alicyclic amines) is 2. The van der Waals surface area contributed by atoms with Crippen LogP contribution in [-0.4, -0.2) is 71.4 Å². The van der Waals surface area contributed by atoms with Gasteiger partial charge in [-0.25, -0.2) is 4.98 Å². The van der Waals surface area contributed by atoms with Crippen LogP contribution in [0.4, 0.5) is 0 Å². The lowest BCUT2D eigenvalue weighted by atomic mass is 9.72. The molecule has 2 saturated heterocycles. The Balaban J connectivity index is 1.60. The smallest absolute Gasteiger partial charge is 0.274 e. The van der Waals surface area contributed by atoms with E-state index < -0.39 is 0 Å². The Morgan fingerprint density at radius 2 is 2.00 bits per heavy atom. The Bertz CT molecular complexity index is 584. The highest BCUT2D eigenvalue weighted by Crippen LogP contribution is 2.40.